The van der Waals surface area contributed by atoms with Crippen molar-refractivity contribution in [3.8, 4) is 0 Å². The summed E-state index contributed by atoms with van der Waals surface area (Å²) in [5.74, 6) is 0.280. The lowest BCUT2D eigenvalue weighted by atomic mass is 10.2. The van der Waals surface area contributed by atoms with Crippen molar-refractivity contribution in [2.45, 2.75) is 24.9 Å². The summed E-state index contributed by atoms with van der Waals surface area (Å²) in [5, 5.41) is 22.2. The third kappa shape index (κ3) is 2.88. The van der Waals surface area contributed by atoms with Gasteiger partial charge in [0.05, 0.1) is 19.0 Å². The van der Waals surface area contributed by atoms with Gasteiger partial charge in [0.2, 0.25) is 5.95 Å². The number of aromatic amines is 1. The summed E-state index contributed by atoms with van der Waals surface area (Å²) in [6, 6.07) is 9.32. The molecule has 0 aliphatic carbocycles. The monoisotopic (exact) mass is 343 g/mol. The molecule has 1 aliphatic rings. The molecule has 3 aromatic rings. The zero-order valence-corrected chi connectivity index (χ0v) is 13.2. The third-order valence-corrected chi connectivity index (χ3v) is 4.16. The van der Waals surface area contributed by atoms with Crippen molar-refractivity contribution in [3.63, 3.8) is 0 Å². The Kier molecular flexibility index (Phi) is 3.96. The number of aliphatic hydroxyl groups is 2. The Balaban J connectivity index is 1.71. The number of ether oxygens (including phenoxy) is 1. The molecule has 0 bridgehead atoms. The fourth-order valence-corrected chi connectivity index (χ4v) is 2.90. The standard InChI is InChI=1S/C16H17N5O4/c22-7-11-10(23)6-12(25-11)21-8-17-13-14(21)19-16(20-15(13)24)18-9-4-2-1-3-5-9/h1-5,8,10-12,22-23H,6-7H2,(H2,18,19,20,24)/t10?,11-,12-/m1/s1. The highest BCUT2D eigenvalue weighted by Gasteiger charge is 2.35. The second-order valence-electron chi connectivity index (χ2n) is 5.84. The number of anilines is 2. The summed E-state index contributed by atoms with van der Waals surface area (Å²) in [4.78, 5) is 23.4. The Morgan fingerprint density at radius 2 is 2.16 bits per heavy atom. The molecule has 1 unspecified atom stereocenters. The Labute approximate surface area is 141 Å². The summed E-state index contributed by atoms with van der Waals surface area (Å²) >= 11 is 0. The Morgan fingerprint density at radius 3 is 2.88 bits per heavy atom. The summed E-state index contributed by atoms with van der Waals surface area (Å²) in [6.45, 7) is -0.279. The molecule has 0 saturated carbocycles. The van der Waals surface area contributed by atoms with Crippen molar-refractivity contribution < 1.29 is 14.9 Å². The van der Waals surface area contributed by atoms with E-state index in [4.69, 9.17) is 4.74 Å². The van der Waals surface area contributed by atoms with Gasteiger partial charge < -0.3 is 20.3 Å². The number of fused-ring (bicyclic) bond motifs is 1. The number of aromatic nitrogens is 4. The third-order valence-electron chi connectivity index (χ3n) is 4.16. The predicted octanol–water partition coefficient (Wildman–Crippen LogP) is 0.504. The molecule has 25 heavy (non-hydrogen) atoms. The normalized spacial score (nSPS) is 23.2. The molecule has 0 spiro atoms. The van der Waals surface area contributed by atoms with E-state index in [9.17, 15) is 15.0 Å². The SMILES string of the molecule is O=c1[nH]c(Nc2ccccc2)nc2c1ncn2[C@H]1CC(O)[C@@H](CO)O1. The lowest BCUT2D eigenvalue weighted by Crippen LogP contribution is -2.24. The summed E-state index contributed by atoms with van der Waals surface area (Å²) in [5.41, 5.74) is 0.936. The number of imidazole rings is 1. The maximum Gasteiger partial charge on any atom is 0.280 e. The van der Waals surface area contributed by atoms with Gasteiger partial charge in [-0.25, -0.2) is 4.98 Å². The smallest absolute Gasteiger partial charge is 0.280 e. The van der Waals surface area contributed by atoms with Gasteiger partial charge in [0.15, 0.2) is 11.2 Å². The molecule has 3 atom stereocenters. The number of hydrogen-bond donors (Lipinski definition) is 4. The number of hydrogen-bond acceptors (Lipinski definition) is 7. The molecule has 0 amide bonds. The summed E-state index contributed by atoms with van der Waals surface area (Å²) in [6.07, 6.45) is -0.248. The molecule has 1 fully saturated rings. The second-order valence-corrected chi connectivity index (χ2v) is 5.84. The van der Waals surface area contributed by atoms with Gasteiger partial charge in [-0.3, -0.25) is 14.3 Å². The lowest BCUT2D eigenvalue weighted by Gasteiger charge is -2.14. The second kappa shape index (κ2) is 6.28. The van der Waals surface area contributed by atoms with E-state index in [-0.39, 0.29) is 30.1 Å². The highest BCUT2D eigenvalue weighted by Crippen LogP contribution is 2.30. The van der Waals surface area contributed by atoms with Crippen molar-refractivity contribution in [1.82, 2.24) is 19.5 Å². The van der Waals surface area contributed by atoms with Crippen LogP contribution < -0.4 is 10.9 Å². The van der Waals surface area contributed by atoms with Crippen LogP contribution >= 0.6 is 0 Å². The first-order chi connectivity index (χ1) is 12.2. The van der Waals surface area contributed by atoms with Gasteiger partial charge in [-0.15, -0.1) is 0 Å². The molecular formula is C16H17N5O4. The number of aliphatic hydroxyl groups excluding tert-OH is 2. The maximum absolute atomic E-state index is 12.3. The minimum absolute atomic E-state index is 0.184. The molecule has 4 rings (SSSR count). The molecular weight excluding hydrogens is 326 g/mol. The van der Waals surface area contributed by atoms with Crippen LogP contribution in [0.1, 0.15) is 12.6 Å². The van der Waals surface area contributed by atoms with Crippen molar-refractivity contribution in [2.75, 3.05) is 11.9 Å². The number of H-pyrrole nitrogens is 1. The van der Waals surface area contributed by atoms with Crippen LogP contribution in [0, 0.1) is 0 Å². The van der Waals surface area contributed by atoms with Gasteiger partial charge in [-0.2, -0.15) is 4.98 Å². The molecule has 1 aliphatic heterocycles. The van der Waals surface area contributed by atoms with Gasteiger partial charge in [-0.1, -0.05) is 18.2 Å². The molecule has 4 N–H and O–H groups in total. The van der Waals surface area contributed by atoms with Gasteiger partial charge in [-0.05, 0) is 12.1 Å². The van der Waals surface area contributed by atoms with Crippen molar-refractivity contribution >= 4 is 22.8 Å². The predicted molar refractivity (Wildman–Crippen MR) is 89.5 cm³/mol. The highest BCUT2D eigenvalue weighted by molar-refractivity contribution is 5.71. The van der Waals surface area contributed by atoms with Crippen LogP contribution in [0.25, 0.3) is 11.2 Å². The first-order valence-electron chi connectivity index (χ1n) is 7.89. The minimum atomic E-state index is -0.781. The average molecular weight is 343 g/mol. The first kappa shape index (κ1) is 15.8. The molecule has 130 valence electrons. The van der Waals surface area contributed by atoms with Gasteiger partial charge >= 0.3 is 0 Å². The first-order valence-corrected chi connectivity index (χ1v) is 7.89. The van der Waals surface area contributed by atoms with Crippen LogP contribution in [0.5, 0.6) is 0 Å². The van der Waals surface area contributed by atoms with E-state index in [2.05, 4.69) is 20.3 Å². The minimum Gasteiger partial charge on any atom is -0.394 e. The average Bonchev–Trinajstić information content (AvgIpc) is 3.19. The molecule has 2 aromatic heterocycles. The van der Waals surface area contributed by atoms with Crippen LogP contribution in [0.2, 0.25) is 0 Å². The van der Waals surface area contributed by atoms with E-state index in [1.54, 1.807) is 4.57 Å². The van der Waals surface area contributed by atoms with Crippen LogP contribution in [0.15, 0.2) is 41.5 Å². The summed E-state index contributed by atoms with van der Waals surface area (Å²) in [7, 11) is 0. The van der Waals surface area contributed by atoms with E-state index in [1.807, 2.05) is 30.3 Å². The van der Waals surface area contributed by atoms with Crippen molar-refractivity contribution in [1.29, 1.82) is 0 Å². The van der Waals surface area contributed by atoms with Crippen molar-refractivity contribution in [3.05, 3.63) is 47.0 Å². The number of nitrogens with one attached hydrogen (secondary N) is 2. The van der Waals surface area contributed by atoms with Gasteiger partial charge in [0.1, 0.15) is 12.3 Å². The molecule has 1 saturated heterocycles. The Hall–Kier alpha value is -2.75. The Morgan fingerprint density at radius 1 is 1.36 bits per heavy atom. The zero-order valence-electron chi connectivity index (χ0n) is 13.2. The fraction of sp³-hybridized carbons (Fsp3) is 0.312. The van der Waals surface area contributed by atoms with Crippen LogP contribution in [0.3, 0.4) is 0 Å². The molecule has 0 radical (unpaired) electrons. The lowest BCUT2D eigenvalue weighted by molar-refractivity contribution is -0.0432. The Bertz CT molecular complexity index is 939. The van der Waals surface area contributed by atoms with Crippen LogP contribution in [0.4, 0.5) is 11.6 Å². The van der Waals surface area contributed by atoms with E-state index in [0.29, 0.717) is 5.65 Å². The van der Waals surface area contributed by atoms with Crippen LogP contribution in [-0.4, -0.2) is 48.5 Å². The molecule has 9 heteroatoms. The quantitative estimate of drug-likeness (QED) is 0.544. The zero-order chi connectivity index (χ0) is 17.4. The number of rotatable bonds is 4. The molecule has 1 aromatic carbocycles. The largest absolute Gasteiger partial charge is 0.394 e. The van der Waals surface area contributed by atoms with E-state index in [1.165, 1.54) is 6.33 Å². The number of para-hydroxylation sites is 1. The van der Waals surface area contributed by atoms with Crippen molar-refractivity contribution in [2.24, 2.45) is 0 Å². The van der Waals surface area contributed by atoms with E-state index in [0.717, 1.165) is 5.69 Å². The maximum atomic E-state index is 12.3. The summed E-state index contributed by atoms with van der Waals surface area (Å²) < 4.78 is 7.22. The van der Waals surface area contributed by atoms with E-state index < -0.39 is 18.4 Å². The highest BCUT2D eigenvalue weighted by atomic mass is 16.5. The fourth-order valence-electron chi connectivity index (χ4n) is 2.90. The van der Waals surface area contributed by atoms with Crippen LogP contribution in [-0.2, 0) is 4.74 Å². The topological polar surface area (TPSA) is 125 Å². The van der Waals surface area contributed by atoms with E-state index >= 15 is 0 Å². The molecule has 3 heterocycles. The molecule has 9 nitrogen and oxygen atoms in total. The number of benzene rings is 1. The van der Waals surface area contributed by atoms with Gasteiger partial charge in [0, 0.05) is 12.1 Å². The number of nitrogens with zero attached hydrogens (tertiary/aromatic N) is 3. The van der Waals surface area contributed by atoms with Gasteiger partial charge in [0.25, 0.3) is 5.56 Å².